The third-order valence-electron chi connectivity index (χ3n) is 3.20. The molecule has 106 valence electrons. The van der Waals surface area contributed by atoms with E-state index in [9.17, 15) is 0 Å². The minimum absolute atomic E-state index is 0.766. The summed E-state index contributed by atoms with van der Waals surface area (Å²) in [4.78, 5) is 9.83. The van der Waals surface area contributed by atoms with Gasteiger partial charge in [0.2, 0.25) is 0 Å². The zero-order chi connectivity index (χ0) is 14.5. The fourth-order valence-electron chi connectivity index (χ4n) is 2.17. The first kappa shape index (κ1) is 13.9. The fraction of sp³-hybridized carbons (Fsp3) is 0.176. The predicted molar refractivity (Wildman–Crippen MR) is 87.1 cm³/mol. The van der Waals surface area contributed by atoms with Crippen LogP contribution >= 0.6 is 11.3 Å². The largest absolute Gasteiger partial charge is 0.306 e. The van der Waals surface area contributed by atoms with Gasteiger partial charge in [-0.25, -0.2) is 9.97 Å². The van der Waals surface area contributed by atoms with Gasteiger partial charge >= 0.3 is 0 Å². The van der Waals surface area contributed by atoms with Gasteiger partial charge in [0.05, 0.1) is 5.69 Å². The van der Waals surface area contributed by atoms with Crippen molar-refractivity contribution in [1.29, 1.82) is 0 Å². The lowest BCUT2D eigenvalue weighted by Crippen LogP contribution is -2.13. The molecule has 0 radical (unpaired) electrons. The van der Waals surface area contributed by atoms with Gasteiger partial charge in [0.25, 0.3) is 0 Å². The molecule has 0 spiro atoms. The van der Waals surface area contributed by atoms with Crippen LogP contribution in [0, 0.1) is 6.92 Å². The van der Waals surface area contributed by atoms with Crippen molar-refractivity contribution in [2.24, 2.45) is 0 Å². The van der Waals surface area contributed by atoms with E-state index in [0.717, 1.165) is 24.6 Å². The van der Waals surface area contributed by atoms with E-state index in [-0.39, 0.29) is 0 Å². The first-order chi connectivity index (χ1) is 10.3. The quantitative estimate of drug-likeness (QED) is 0.778. The van der Waals surface area contributed by atoms with Gasteiger partial charge in [-0.2, -0.15) is 0 Å². The average molecular weight is 295 g/mol. The summed E-state index contributed by atoms with van der Waals surface area (Å²) in [6.45, 7) is 3.54. The van der Waals surface area contributed by atoms with Crippen LogP contribution in [0.5, 0.6) is 0 Å². The lowest BCUT2D eigenvalue weighted by atomic mass is 10.1. The molecule has 0 unspecified atom stereocenters. The lowest BCUT2D eigenvalue weighted by molar-refractivity contribution is 0.681. The first-order valence-electron chi connectivity index (χ1n) is 6.93. The average Bonchev–Trinajstić information content (AvgIpc) is 2.97. The third-order valence-corrected chi connectivity index (χ3v) is 4.14. The molecule has 2 aromatic heterocycles. The molecule has 3 nitrogen and oxygen atoms in total. The van der Waals surface area contributed by atoms with E-state index in [1.807, 2.05) is 19.1 Å². The molecule has 3 aromatic rings. The molecular formula is C17H17N3S. The van der Waals surface area contributed by atoms with Gasteiger partial charge in [0.1, 0.15) is 5.82 Å². The van der Waals surface area contributed by atoms with Gasteiger partial charge in [-0.3, -0.25) is 0 Å². The highest BCUT2D eigenvalue weighted by Gasteiger charge is 2.02. The minimum atomic E-state index is 0.766. The van der Waals surface area contributed by atoms with Gasteiger partial charge in [-0.15, -0.1) is 11.3 Å². The highest BCUT2D eigenvalue weighted by atomic mass is 32.1. The second kappa shape index (κ2) is 6.61. The molecule has 0 bridgehead atoms. The summed E-state index contributed by atoms with van der Waals surface area (Å²) in [7, 11) is 0. The number of aromatic nitrogens is 2. The Balaban J connectivity index is 1.58. The van der Waals surface area contributed by atoms with Crippen molar-refractivity contribution >= 4 is 11.3 Å². The van der Waals surface area contributed by atoms with E-state index >= 15 is 0 Å². The molecule has 0 atom stereocenters. The molecule has 0 aliphatic carbocycles. The Bertz CT molecular complexity index is 707. The summed E-state index contributed by atoms with van der Waals surface area (Å²) in [5.74, 6) is 0.816. The van der Waals surface area contributed by atoms with Crippen molar-refractivity contribution < 1.29 is 0 Å². The highest BCUT2D eigenvalue weighted by molar-refractivity contribution is 7.10. The monoisotopic (exact) mass is 295 g/mol. The smallest absolute Gasteiger partial charge is 0.125 e. The van der Waals surface area contributed by atoms with Gasteiger partial charge in [-0.05, 0) is 35.6 Å². The maximum Gasteiger partial charge on any atom is 0.125 e. The number of rotatable bonds is 5. The maximum absolute atomic E-state index is 4.39. The van der Waals surface area contributed by atoms with E-state index in [1.54, 1.807) is 17.5 Å². The minimum Gasteiger partial charge on any atom is -0.306 e. The Kier molecular flexibility index (Phi) is 4.38. The normalized spacial score (nSPS) is 10.7. The molecule has 1 aromatic carbocycles. The van der Waals surface area contributed by atoms with Crippen LogP contribution in [-0.2, 0) is 13.1 Å². The van der Waals surface area contributed by atoms with Crippen LogP contribution in [-0.4, -0.2) is 9.97 Å². The molecule has 0 aliphatic rings. The molecule has 1 N–H and O–H groups in total. The Morgan fingerprint density at radius 2 is 1.90 bits per heavy atom. The summed E-state index contributed by atoms with van der Waals surface area (Å²) in [5.41, 5.74) is 3.59. The maximum atomic E-state index is 4.39. The van der Waals surface area contributed by atoms with Crippen molar-refractivity contribution in [3.05, 3.63) is 70.4 Å². The Labute approximate surface area is 128 Å². The first-order valence-corrected chi connectivity index (χ1v) is 7.81. The van der Waals surface area contributed by atoms with Gasteiger partial charge in [-0.1, -0.05) is 30.3 Å². The van der Waals surface area contributed by atoms with E-state index in [1.165, 1.54) is 16.0 Å². The molecule has 0 aliphatic heterocycles. The van der Waals surface area contributed by atoms with Crippen LogP contribution in [0.2, 0.25) is 0 Å². The summed E-state index contributed by atoms with van der Waals surface area (Å²) >= 11 is 1.79. The molecule has 0 saturated heterocycles. The molecule has 2 heterocycles. The predicted octanol–water partition coefficient (Wildman–Crippen LogP) is 3.80. The van der Waals surface area contributed by atoms with Crippen LogP contribution in [0.15, 0.2) is 54.0 Å². The van der Waals surface area contributed by atoms with Crippen molar-refractivity contribution in [3.63, 3.8) is 0 Å². The van der Waals surface area contributed by atoms with Crippen LogP contribution in [0.25, 0.3) is 11.1 Å². The number of hydrogen-bond acceptors (Lipinski definition) is 4. The zero-order valence-electron chi connectivity index (χ0n) is 11.9. The standard InChI is InChI=1S/C17H17N3S/c1-13-19-8-7-16(20-13)10-18-11-17-9-15(12-21-17)14-5-3-2-4-6-14/h2-9,12,18H,10-11H2,1H3. The number of nitrogens with zero attached hydrogens (tertiary/aromatic N) is 2. The van der Waals surface area contributed by atoms with Gasteiger partial charge in [0.15, 0.2) is 0 Å². The lowest BCUT2D eigenvalue weighted by Gasteiger charge is -2.03. The van der Waals surface area contributed by atoms with Gasteiger partial charge in [0, 0.05) is 24.2 Å². The SMILES string of the molecule is Cc1nccc(CNCc2cc(-c3ccccc3)cs2)n1. The molecule has 0 amide bonds. The van der Waals surface area contributed by atoms with Crippen molar-refractivity contribution in [3.8, 4) is 11.1 Å². The van der Waals surface area contributed by atoms with Gasteiger partial charge < -0.3 is 5.32 Å². The number of hydrogen-bond donors (Lipinski definition) is 1. The topological polar surface area (TPSA) is 37.8 Å². The summed E-state index contributed by atoms with van der Waals surface area (Å²) in [6, 6.07) is 14.7. The third kappa shape index (κ3) is 3.74. The molecule has 0 fully saturated rings. The van der Waals surface area contributed by atoms with Crippen molar-refractivity contribution in [2.45, 2.75) is 20.0 Å². The van der Waals surface area contributed by atoms with Crippen molar-refractivity contribution in [2.75, 3.05) is 0 Å². The molecule has 21 heavy (non-hydrogen) atoms. The van der Waals surface area contributed by atoms with E-state index in [4.69, 9.17) is 0 Å². The second-order valence-corrected chi connectivity index (χ2v) is 5.86. The number of benzene rings is 1. The number of nitrogens with one attached hydrogen (secondary N) is 1. The molecule has 4 heteroatoms. The van der Waals surface area contributed by atoms with E-state index < -0.39 is 0 Å². The zero-order valence-corrected chi connectivity index (χ0v) is 12.7. The van der Waals surface area contributed by atoms with Crippen LogP contribution in [0.3, 0.4) is 0 Å². The summed E-state index contributed by atoms with van der Waals surface area (Å²) in [5, 5.41) is 5.64. The Morgan fingerprint density at radius 1 is 1.05 bits per heavy atom. The second-order valence-electron chi connectivity index (χ2n) is 4.87. The highest BCUT2D eigenvalue weighted by Crippen LogP contribution is 2.25. The number of aryl methyl sites for hydroxylation is 1. The molecule has 0 saturated carbocycles. The van der Waals surface area contributed by atoms with Crippen LogP contribution < -0.4 is 5.32 Å². The fourth-order valence-corrected chi connectivity index (χ4v) is 3.04. The molecule has 3 rings (SSSR count). The summed E-state index contributed by atoms with van der Waals surface area (Å²) < 4.78 is 0. The number of thiophene rings is 1. The van der Waals surface area contributed by atoms with Crippen LogP contribution in [0.4, 0.5) is 0 Å². The van der Waals surface area contributed by atoms with E-state index in [0.29, 0.717) is 0 Å². The van der Waals surface area contributed by atoms with Crippen molar-refractivity contribution in [1.82, 2.24) is 15.3 Å². The Morgan fingerprint density at radius 3 is 2.71 bits per heavy atom. The summed E-state index contributed by atoms with van der Waals surface area (Å²) in [6.07, 6.45) is 1.80. The van der Waals surface area contributed by atoms with E-state index in [2.05, 4.69) is 51.0 Å². The Hall–Kier alpha value is -2.04. The molecular weight excluding hydrogens is 278 g/mol. The van der Waals surface area contributed by atoms with Crippen LogP contribution in [0.1, 0.15) is 16.4 Å².